The lowest BCUT2D eigenvalue weighted by Crippen LogP contribution is -2.30. The molecule has 0 radical (unpaired) electrons. The monoisotopic (exact) mass is 289 g/mol. The second-order valence-corrected chi connectivity index (χ2v) is 5.54. The number of nitrogens with one attached hydrogen (secondary N) is 1. The van der Waals surface area contributed by atoms with E-state index in [1.807, 2.05) is 18.2 Å². The fraction of sp³-hybridized carbons (Fsp3) is 0.438. The molecule has 21 heavy (non-hydrogen) atoms. The van der Waals surface area contributed by atoms with Gasteiger partial charge in [-0.1, -0.05) is 6.42 Å². The van der Waals surface area contributed by atoms with Crippen molar-refractivity contribution in [1.82, 2.24) is 5.48 Å². The number of methoxy groups -OCH3 is 1. The smallest absolute Gasteiger partial charge is 0.309 e. The molecule has 2 N–H and O–H groups in total. The van der Waals surface area contributed by atoms with Gasteiger partial charge in [0.05, 0.1) is 18.7 Å². The van der Waals surface area contributed by atoms with Crippen molar-refractivity contribution in [2.45, 2.75) is 25.4 Å². The maximum absolute atomic E-state index is 11.8. The molecule has 1 aliphatic carbocycles. The third-order valence-electron chi connectivity index (χ3n) is 4.31. The van der Waals surface area contributed by atoms with Crippen molar-refractivity contribution in [1.29, 1.82) is 0 Å². The molecule has 1 heterocycles. The van der Waals surface area contributed by atoms with Crippen LogP contribution in [0, 0.1) is 11.8 Å². The number of carbonyl (C=O) groups excluding carboxylic acids is 1. The Hall–Kier alpha value is -2.01. The molecule has 1 aliphatic heterocycles. The SMILES string of the molecule is COC(=O)C1CCCC1C1C=C(c2ccc(O)cc2)NO1. The van der Waals surface area contributed by atoms with Gasteiger partial charge in [0, 0.05) is 5.92 Å². The number of hydrogen-bond acceptors (Lipinski definition) is 5. The number of aromatic hydroxyl groups is 1. The lowest BCUT2D eigenvalue weighted by Gasteiger charge is -2.21. The Morgan fingerprint density at radius 3 is 2.81 bits per heavy atom. The minimum atomic E-state index is -0.146. The van der Waals surface area contributed by atoms with Gasteiger partial charge in [-0.25, -0.2) is 0 Å². The molecule has 3 rings (SSSR count). The van der Waals surface area contributed by atoms with Gasteiger partial charge in [0.15, 0.2) is 0 Å². The van der Waals surface area contributed by atoms with Crippen LogP contribution in [0.4, 0.5) is 0 Å². The molecule has 3 unspecified atom stereocenters. The molecule has 1 fully saturated rings. The van der Waals surface area contributed by atoms with E-state index >= 15 is 0 Å². The Morgan fingerprint density at radius 1 is 1.33 bits per heavy atom. The first-order valence-electron chi connectivity index (χ1n) is 7.20. The van der Waals surface area contributed by atoms with Gasteiger partial charge in [-0.2, -0.15) is 0 Å². The van der Waals surface area contributed by atoms with Crippen LogP contribution < -0.4 is 5.48 Å². The maximum atomic E-state index is 11.8. The summed E-state index contributed by atoms with van der Waals surface area (Å²) in [6, 6.07) is 6.93. The highest BCUT2D eigenvalue weighted by Crippen LogP contribution is 2.38. The zero-order valence-corrected chi connectivity index (χ0v) is 11.9. The van der Waals surface area contributed by atoms with Crippen molar-refractivity contribution < 1.29 is 19.5 Å². The van der Waals surface area contributed by atoms with Crippen molar-refractivity contribution in [3.63, 3.8) is 0 Å². The van der Waals surface area contributed by atoms with E-state index in [1.165, 1.54) is 7.11 Å². The number of rotatable bonds is 3. The Morgan fingerprint density at radius 2 is 2.10 bits per heavy atom. The van der Waals surface area contributed by atoms with E-state index in [2.05, 4.69) is 5.48 Å². The van der Waals surface area contributed by atoms with Gasteiger partial charge in [-0.15, -0.1) is 0 Å². The summed E-state index contributed by atoms with van der Waals surface area (Å²) in [5, 5.41) is 9.32. The fourth-order valence-electron chi connectivity index (χ4n) is 3.20. The zero-order chi connectivity index (χ0) is 14.8. The summed E-state index contributed by atoms with van der Waals surface area (Å²) in [7, 11) is 1.43. The van der Waals surface area contributed by atoms with Crippen LogP contribution in [0.15, 0.2) is 30.3 Å². The van der Waals surface area contributed by atoms with Crippen LogP contribution in [0.1, 0.15) is 24.8 Å². The van der Waals surface area contributed by atoms with Crippen LogP contribution in [-0.2, 0) is 14.4 Å². The summed E-state index contributed by atoms with van der Waals surface area (Å²) < 4.78 is 4.89. The van der Waals surface area contributed by atoms with Crippen LogP contribution in [0.2, 0.25) is 0 Å². The molecule has 1 aromatic carbocycles. The molecule has 5 heteroatoms. The van der Waals surface area contributed by atoms with Gasteiger partial charge < -0.3 is 9.84 Å². The topological polar surface area (TPSA) is 67.8 Å². The highest BCUT2D eigenvalue weighted by molar-refractivity contribution is 5.73. The number of hydroxylamine groups is 1. The molecule has 0 saturated heterocycles. The van der Waals surface area contributed by atoms with Gasteiger partial charge in [-0.05, 0) is 48.7 Å². The number of phenolic OH excluding ortho intramolecular Hbond substituents is 1. The summed E-state index contributed by atoms with van der Waals surface area (Å²) in [4.78, 5) is 17.5. The number of hydrogen-bond donors (Lipinski definition) is 2. The molecule has 0 amide bonds. The van der Waals surface area contributed by atoms with Gasteiger partial charge in [0.25, 0.3) is 0 Å². The predicted octanol–water partition coefficient (Wildman–Crippen LogP) is 2.23. The first-order valence-corrected chi connectivity index (χ1v) is 7.20. The number of phenols is 1. The average Bonchev–Trinajstić information content (AvgIpc) is 3.15. The van der Waals surface area contributed by atoms with Crippen molar-refractivity contribution in [3.8, 4) is 5.75 Å². The van der Waals surface area contributed by atoms with E-state index in [9.17, 15) is 9.90 Å². The quantitative estimate of drug-likeness (QED) is 0.835. The summed E-state index contributed by atoms with van der Waals surface area (Å²) in [6.07, 6.45) is 4.73. The average molecular weight is 289 g/mol. The molecule has 0 spiro atoms. The lowest BCUT2D eigenvalue weighted by atomic mass is 9.90. The largest absolute Gasteiger partial charge is 0.508 e. The number of carbonyl (C=O) groups is 1. The highest BCUT2D eigenvalue weighted by Gasteiger charge is 2.40. The molecule has 1 saturated carbocycles. The molecule has 2 aliphatic rings. The highest BCUT2D eigenvalue weighted by atomic mass is 16.7. The van der Waals surface area contributed by atoms with E-state index in [1.54, 1.807) is 12.1 Å². The predicted molar refractivity (Wildman–Crippen MR) is 76.9 cm³/mol. The Kier molecular flexibility index (Phi) is 3.84. The molecule has 0 aromatic heterocycles. The Balaban J connectivity index is 1.76. The molecule has 0 bridgehead atoms. The molecular weight excluding hydrogens is 270 g/mol. The van der Waals surface area contributed by atoms with Gasteiger partial charge >= 0.3 is 5.97 Å². The fourth-order valence-corrected chi connectivity index (χ4v) is 3.20. The van der Waals surface area contributed by atoms with Crippen LogP contribution in [0.5, 0.6) is 5.75 Å². The second kappa shape index (κ2) is 5.77. The zero-order valence-electron chi connectivity index (χ0n) is 11.9. The molecular formula is C16H19NO4. The van der Waals surface area contributed by atoms with Crippen molar-refractivity contribution in [2.24, 2.45) is 11.8 Å². The third-order valence-corrected chi connectivity index (χ3v) is 4.31. The first kappa shape index (κ1) is 13.9. The Labute approximate surface area is 123 Å². The van der Waals surface area contributed by atoms with Gasteiger partial charge in [-0.3, -0.25) is 15.1 Å². The van der Waals surface area contributed by atoms with E-state index < -0.39 is 0 Å². The van der Waals surface area contributed by atoms with Crippen LogP contribution in [-0.4, -0.2) is 24.3 Å². The third kappa shape index (κ3) is 2.74. The Bertz CT molecular complexity index is 552. The van der Waals surface area contributed by atoms with Crippen molar-refractivity contribution in [2.75, 3.05) is 7.11 Å². The number of benzene rings is 1. The van der Waals surface area contributed by atoms with E-state index in [4.69, 9.17) is 9.57 Å². The summed E-state index contributed by atoms with van der Waals surface area (Å²) in [6.45, 7) is 0. The molecule has 3 atom stereocenters. The molecule has 1 aromatic rings. The van der Waals surface area contributed by atoms with Crippen LogP contribution >= 0.6 is 0 Å². The van der Waals surface area contributed by atoms with Gasteiger partial charge in [0.2, 0.25) is 0 Å². The normalized spacial score (nSPS) is 28.0. The van der Waals surface area contributed by atoms with Crippen molar-refractivity contribution >= 4 is 11.7 Å². The minimum absolute atomic E-state index is 0.0859. The summed E-state index contributed by atoms with van der Waals surface area (Å²) in [5.74, 6) is 0.153. The lowest BCUT2D eigenvalue weighted by molar-refractivity contribution is -0.148. The van der Waals surface area contributed by atoms with Crippen molar-refractivity contribution in [3.05, 3.63) is 35.9 Å². The first-order chi connectivity index (χ1) is 10.2. The summed E-state index contributed by atoms with van der Waals surface area (Å²) in [5.41, 5.74) is 4.74. The minimum Gasteiger partial charge on any atom is -0.508 e. The summed E-state index contributed by atoms with van der Waals surface area (Å²) >= 11 is 0. The van der Waals surface area contributed by atoms with Crippen LogP contribution in [0.3, 0.4) is 0 Å². The standard InChI is InChI=1S/C16H19NO4/c1-20-16(19)13-4-2-3-12(13)15-9-14(17-21-15)10-5-7-11(18)8-6-10/h5-9,12-13,15,17-18H,2-4H2,1H3. The van der Waals surface area contributed by atoms with E-state index in [0.29, 0.717) is 0 Å². The number of ether oxygens (including phenoxy) is 1. The molecule has 112 valence electrons. The molecule has 5 nitrogen and oxygen atoms in total. The number of esters is 1. The van der Waals surface area contributed by atoms with Crippen LogP contribution in [0.25, 0.3) is 5.70 Å². The van der Waals surface area contributed by atoms with E-state index in [-0.39, 0.29) is 29.7 Å². The maximum Gasteiger partial charge on any atom is 0.309 e. The van der Waals surface area contributed by atoms with E-state index in [0.717, 1.165) is 30.5 Å². The van der Waals surface area contributed by atoms with Gasteiger partial charge in [0.1, 0.15) is 11.9 Å². The second-order valence-electron chi connectivity index (χ2n) is 5.54.